The standard InChI is InChI=1S/C58H42N2/c1-2-59-49-36-22-21-35-47(49)48-39-46(37-38-50(48)59)60-57(44-31-17-7-18-32-44)55-53(42-27-13-5-14-28-42)51(40-23-9-3-10-24-40)52(41-25-11-4-12-26-41)54(43-29-15-6-16-30-43)56(55)58(60)45-33-19-8-20-34-45/h3-39H,2H2,1H3. The summed E-state index contributed by atoms with van der Waals surface area (Å²) in [6.07, 6.45) is 0. The minimum atomic E-state index is 0.896. The lowest BCUT2D eigenvalue weighted by Gasteiger charge is -2.24. The van der Waals surface area contributed by atoms with E-state index in [0.717, 1.165) is 34.7 Å². The van der Waals surface area contributed by atoms with E-state index in [-0.39, 0.29) is 0 Å². The quantitative estimate of drug-likeness (QED) is 0.146. The van der Waals surface area contributed by atoms with Crippen LogP contribution in [0, 0.1) is 0 Å². The van der Waals surface area contributed by atoms with E-state index in [9.17, 15) is 0 Å². The molecule has 284 valence electrons. The van der Waals surface area contributed by atoms with Gasteiger partial charge in [-0.15, -0.1) is 0 Å². The molecule has 2 aromatic heterocycles. The first-order valence-electron chi connectivity index (χ1n) is 20.9. The maximum Gasteiger partial charge on any atom is 0.0620 e. The molecule has 0 atom stereocenters. The van der Waals surface area contributed by atoms with E-state index in [2.05, 4.69) is 241 Å². The predicted octanol–water partition coefficient (Wildman–Crippen LogP) is 15.8. The molecular formula is C58H42N2. The van der Waals surface area contributed by atoms with E-state index >= 15 is 0 Å². The molecule has 2 nitrogen and oxygen atoms in total. The molecule has 0 N–H and O–H groups in total. The third kappa shape index (κ3) is 5.72. The van der Waals surface area contributed by atoms with Crippen LogP contribution >= 0.6 is 0 Å². The third-order valence-corrected chi connectivity index (χ3v) is 12.1. The van der Waals surface area contributed by atoms with Crippen LogP contribution in [0.3, 0.4) is 0 Å². The highest BCUT2D eigenvalue weighted by Crippen LogP contribution is 2.57. The number of hydrogen-bond acceptors (Lipinski definition) is 0. The van der Waals surface area contributed by atoms with Crippen LogP contribution in [0.25, 0.3) is 105 Å². The molecule has 0 saturated carbocycles. The molecule has 0 radical (unpaired) electrons. The molecule has 0 unspecified atom stereocenters. The minimum Gasteiger partial charge on any atom is -0.341 e. The van der Waals surface area contributed by atoms with Crippen molar-refractivity contribution < 1.29 is 0 Å². The number of fused-ring (bicyclic) bond motifs is 4. The van der Waals surface area contributed by atoms with Gasteiger partial charge in [0, 0.05) is 55.9 Å². The zero-order valence-corrected chi connectivity index (χ0v) is 33.5. The monoisotopic (exact) mass is 766 g/mol. The number of aromatic nitrogens is 2. The summed E-state index contributed by atoms with van der Waals surface area (Å²) in [5.74, 6) is 0. The van der Waals surface area contributed by atoms with Gasteiger partial charge >= 0.3 is 0 Å². The Morgan fingerprint density at radius 3 is 1.08 bits per heavy atom. The average Bonchev–Trinajstić information content (AvgIpc) is 3.85. The summed E-state index contributed by atoms with van der Waals surface area (Å²) in [6.45, 7) is 3.14. The van der Waals surface area contributed by atoms with Crippen LogP contribution in [0.15, 0.2) is 224 Å². The maximum atomic E-state index is 2.58. The summed E-state index contributed by atoms with van der Waals surface area (Å²) in [5.41, 5.74) is 17.8. The number of rotatable bonds is 8. The molecular weight excluding hydrogens is 725 g/mol. The van der Waals surface area contributed by atoms with Crippen LogP contribution in [0.4, 0.5) is 0 Å². The first-order chi connectivity index (χ1) is 29.8. The summed E-state index contributed by atoms with van der Waals surface area (Å²) in [5, 5.41) is 4.96. The van der Waals surface area contributed by atoms with Crippen molar-refractivity contribution in [1.29, 1.82) is 0 Å². The maximum absolute atomic E-state index is 2.58. The molecule has 0 bridgehead atoms. The Morgan fingerprint density at radius 2 is 0.667 bits per heavy atom. The molecule has 0 aliphatic rings. The van der Waals surface area contributed by atoms with Crippen molar-refractivity contribution in [3.05, 3.63) is 224 Å². The molecule has 11 rings (SSSR count). The Bertz CT molecular complexity index is 3130. The van der Waals surface area contributed by atoms with Crippen molar-refractivity contribution in [3.63, 3.8) is 0 Å². The van der Waals surface area contributed by atoms with E-state index in [1.54, 1.807) is 0 Å². The molecule has 0 spiro atoms. The Balaban J connectivity index is 1.46. The molecule has 0 aliphatic carbocycles. The van der Waals surface area contributed by atoms with Crippen molar-refractivity contribution in [2.75, 3.05) is 0 Å². The molecule has 2 heterocycles. The molecule has 0 fully saturated rings. The first-order valence-corrected chi connectivity index (χ1v) is 20.9. The van der Waals surface area contributed by atoms with E-state index in [0.29, 0.717) is 0 Å². The summed E-state index contributed by atoms with van der Waals surface area (Å²) in [6, 6.07) is 82.2. The van der Waals surface area contributed by atoms with Crippen molar-refractivity contribution in [2.24, 2.45) is 0 Å². The van der Waals surface area contributed by atoms with Crippen LogP contribution in [0.2, 0.25) is 0 Å². The molecule has 60 heavy (non-hydrogen) atoms. The smallest absolute Gasteiger partial charge is 0.0620 e. The van der Waals surface area contributed by atoms with E-state index in [4.69, 9.17) is 0 Å². The SMILES string of the molecule is CCn1c2ccccc2c2cc(-n3c(-c4ccccc4)c4c(-c5ccccc5)c(-c5ccccc5)c(-c5ccccc5)c(-c5ccccc5)c4c3-c3ccccc3)ccc21. The van der Waals surface area contributed by atoms with Gasteiger partial charge in [0.25, 0.3) is 0 Å². The highest BCUT2D eigenvalue weighted by atomic mass is 15.0. The van der Waals surface area contributed by atoms with Gasteiger partial charge in [-0.25, -0.2) is 0 Å². The van der Waals surface area contributed by atoms with Gasteiger partial charge in [-0.05, 0) is 75.7 Å². The van der Waals surface area contributed by atoms with Crippen LogP contribution in [-0.4, -0.2) is 9.13 Å². The van der Waals surface area contributed by atoms with Crippen molar-refractivity contribution in [3.8, 4) is 72.7 Å². The lowest BCUT2D eigenvalue weighted by molar-refractivity contribution is 0.827. The zero-order chi connectivity index (χ0) is 40.0. The van der Waals surface area contributed by atoms with Gasteiger partial charge in [-0.1, -0.05) is 200 Å². The molecule has 0 amide bonds. The molecule has 0 saturated heterocycles. The Hall–Kier alpha value is -7.68. The third-order valence-electron chi connectivity index (χ3n) is 12.1. The Labute approximate surface area is 350 Å². The second-order valence-corrected chi connectivity index (χ2v) is 15.4. The summed E-state index contributed by atoms with van der Waals surface area (Å²) in [7, 11) is 0. The summed E-state index contributed by atoms with van der Waals surface area (Å²) < 4.78 is 5.02. The largest absolute Gasteiger partial charge is 0.341 e. The van der Waals surface area contributed by atoms with Gasteiger partial charge < -0.3 is 9.13 Å². The Kier molecular flexibility index (Phi) is 8.82. The fraction of sp³-hybridized carbons (Fsp3) is 0.0345. The highest BCUT2D eigenvalue weighted by Gasteiger charge is 2.32. The second-order valence-electron chi connectivity index (χ2n) is 15.4. The Morgan fingerprint density at radius 1 is 0.317 bits per heavy atom. The summed E-state index contributed by atoms with van der Waals surface area (Å²) >= 11 is 0. The van der Waals surface area contributed by atoms with Crippen molar-refractivity contribution >= 4 is 32.6 Å². The van der Waals surface area contributed by atoms with Gasteiger partial charge in [0.2, 0.25) is 0 Å². The van der Waals surface area contributed by atoms with Gasteiger partial charge in [0.15, 0.2) is 0 Å². The first kappa shape index (κ1) is 35.5. The van der Waals surface area contributed by atoms with Gasteiger partial charge in [0.05, 0.1) is 11.4 Å². The normalized spacial score (nSPS) is 11.5. The lowest BCUT2D eigenvalue weighted by Crippen LogP contribution is -2.00. The van der Waals surface area contributed by atoms with E-state index in [1.807, 2.05) is 0 Å². The van der Waals surface area contributed by atoms with Crippen LogP contribution < -0.4 is 0 Å². The van der Waals surface area contributed by atoms with Gasteiger partial charge in [-0.2, -0.15) is 0 Å². The van der Waals surface area contributed by atoms with Gasteiger partial charge in [-0.3, -0.25) is 0 Å². The van der Waals surface area contributed by atoms with Crippen molar-refractivity contribution in [1.82, 2.24) is 9.13 Å². The summed E-state index contributed by atoms with van der Waals surface area (Å²) in [4.78, 5) is 0. The van der Waals surface area contributed by atoms with Crippen LogP contribution in [0.5, 0.6) is 0 Å². The number of hydrogen-bond donors (Lipinski definition) is 0. The lowest BCUT2D eigenvalue weighted by atomic mass is 9.78. The molecule has 11 aromatic rings. The van der Waals surface area contributed by atoms with Crippen LogP contribution in [-0.2, 0) is 6.54 Å². The topological polar surface area (TPSA) is 9.86 Å². The minimum absolute atomic E-state index is 0.896. The predicted molar refractivity (Wildman–Crippen MR) is 255 cm³/mol. The number of aryl methyl sites for hydroxylation is 1. The fourth-order valence-corrected chi connectivity index (χ4v) is 9.65. The average molecular weight is 767 g/mol. The number of para-hydroxylation sites is 1. The van der Waals surface area contributed by atoms with Crippen LogP contribution in [0.1, 0.15) is 6.92 Å². The molecule has 2 heteroatoms. The van der Waals surface area contributed by atoms with E-state index in [1.165, 1.54) is 77.1 Å². The van der Waals surface area contributed by atoms with Crippen molar-refractivity contribution in [2.45, 2.75) is 13.5 Å². The number of benzene rings is 9. The fourth-order valence-electron chi connectivity index (χ4n) is 9.65. The van der Waals surface area contributed by atoms with E-state index < -0.39 is 0 Å². The molecule has 0 aliphatic heterocycles. The zero-order valence-electron chi connectivity index (χ0n) is 33.5. The number of nitrogens with zero attached hydrogens (tertiary/aromatic N) is 2. The second kappa shape index (κ2) is 14.9. The highest BCUT2D eigenvalue weighted by molar-refractivity contribution is 6.26. The van der Waals surface area contributed by atoms with Gasteiger partial charge in [0.1, 0.15) is 0 Å². The molecule has 9 aromatic carbocycles.